The number of para-hydroxylation sites is 1. The highest BCUT2D eigenvalue weighted by molar-refractivity contribution is 7.71. The molecule has 0 fully saturated rings. The summed E-state index contributed by atoms with van der Waals surface area (Å²) in [5, 5.41) is 0. The largest absolute Gasteiger partial charge is 0.330 e. The number of H-pyrrole nitrogens is 1. The average molecular weight is 254 g/mol. The second-order valence-electron chi connectivity index (χ2n) is 4.57. The van der Waals surface area contributed by atoms with Crippen LogP contribution in [-0.4, -0.2) is 9.55 Å². The molecule has 0 bridgehead atoms. The van der Waals surface area contributed by atoms with Crippen molar-refractivity contribution in [1.82, 2.24) is 9.55 Å². The summed E-state index contributed by atoms with van der Waals surface area (Å²) in [4.78, 5) is 3.29. The van der Waals surface area contributed by atoms with Gasteiger partial charge in [0.15, 0.2) is 4.77 Å². The van der Waals surface area contributed by atoms with Crippen LogP contribution in [0.5, 0.6) is 0 Å². The third-order valence-corrected chi connectivity index (χ3v) is 3.50. The van der Waals surface area contributed by atoms with Crippen LogP contribution in [0.2, 0.25) is 0 Å². The summed E-state index contributed by atoms with van der Waals surface area (Å²) < 4.78 is 2.82. The molecule has 0 spiro atoms. The lowest BCUT2D eigenvalue weighted by atomic mass is 10.2. The van der Waals surface area contributed by atoms with Crippen LogP contribution in [0.25, 0.3) is 16.7 Å². The minimum atomic E-state index is 0.739. The number of fused-ring (bicyclic) bond motifs is 1. The molecule has 1 heterocycles. The van der Waals surface area contributed by atoms with E-state index in [9.17, 15) is 0 Å². The van der Waals surface area contributed by atoms with Gasteiger partial charge in [-0.05, 0) is 49.8 Å². The van der Waals surface area contributed by atoms with Gasteiger partial charge in [0.05, 0.1) is 11.0 Å². The lowest BCUT2D eigenvalue weighted by Crippen LogP contribution is -1.93. The van der Waals surface area contributed by atoms with E-state index >= 15 is 0 Å². The Morgan fingerprint density at radius 3 is 2.44 bits per heavy atom. The molecule has 2 nitrogen and oxygen atoms in total. The number of benzene rings is 2. The van der Waals surface area contributed by atoms with Crippen LogP contribution in [0.3, 0.4) is 0 Å². The van der Waals surface area contributed by atoms with E-state index in [0.717, 1.165) is 21.5 Å². The van der Waals surface area contributed by atoms with E-state index in [0.29, 0.717) is 0 Å². The van der Waals surface area contributed by atoms with E-state index in [4.69, 9.17) is 12.2 Å². The minimum absolute atomic E-state index is 0.739. The zero-order chi connectivity index (χ0) is 12.7. The molecule has 3 aromatic rings. The molecule has 1 aromatic heterocycles. The molecule has 3 heteroatoms. The van der Waals surface area contributed by atoms with Gasteiger partial charge in [-0.15, -0.1) is 0 Å². The van der Waals surface area contributed by atoms with Gasteiger partial charge in [-0.1, -0.05) is 29.8 Å². The maximum Gasteiger partial charge on any atom is 0.182 e. The quantitative estimate of drug-likeness (QED) is 0.642. The van der Waals surface area contributed by atoms with Crippen molar-refractivity contribution in [2.45, 2.75) is 13.8 Å². The smallest absolute Gasteiger partial charge is 0.182 e. The number of rotatable bonds is 1. The van der Waals surface area contributed by atoms with Gasteiger partial charge in [0.1, 0.15) is 0 Å². The third kappa shape index (κ3) is 1.68. The predicted molar refractivity (Wildman–Crippen MR) is 77.9 cm³/mol. The molecule has 0 saturated heterocycles. The fourth-order valence-corrected chi connectivity index (χ4v) is 2.53. The van der Waals surface area contributed by atoms with Gasteiger partial charge in [0.2, 0.25) is 0 Å². The van der Waals surface area contributed by atoms with Crippen molar-refractivity contribution in [2.24, 2.45) is 0 Å². The Morgan fingerprint density at radius 2 is 1.72 bits per heavy atom. The van der Waals surface area contributed by atoms with Crippen LogP contribution in [0.4, 0.5) is 0 Å². The summed E-state index contributed by atoms with van der Waals surface area (Å²) in [6.07, 6.45) is 0. The molecule has 0 aliphatic rings. The molecule has 0 aliphatic carbocycles. The molecule has 3 rings (SSSR count). The average Bonchev–Trinajstić information content (AvgIpc) is 2.69. The van der Waals surface area contributed by atoms with Crippen LogP contribution in [-0.2, 0) is 0 Å². The number of nitrogens with zero attached hydrogens (tertiary/aromatic N) is 1. The summed E-state index contributed by atoms with van der Waals surface area (Å²) in [5.41, 5.74) is 5.81. The lowest BCUT2D eigenvalue weighted by molar-refractivity contribution is 1.06. The Hall–Kier alpha value is -1.87. The highest BCUT2D eigenvalue weighted by atomic mass is 32.1. The van der Waals surface area contributed by atoms with Gasteiger partial charge in [0.25, 0.3) is 0 Å². The SMILES string of the molecule is Cc1ccc(-n2c(=S)[nH]c3c(C)cccc32)cc1. The second kappa shape index (κ2) is 4.10. The Labute approximate surface area is 111 Å². The van der Waals surface area contributed by atoms with Crippen molar-refractivity contribution in [2.75, 3.05) is 0 Å². The Bertz CT molecular complexity index is 763. The monoisotopic (exact) mass is 254 g/mol. The van der Waals surface area contributed by atoms with Crippen LogP contribution < -0.4 is 0 Å². The van der Waals surface area contributed by atoms with Crippen molar-refractivity contribution >= 4 is 23.3 Å². The number of aromatic nitrogens is 2. The normalized spacial score (nSPS) is 11.0. The van der Waals surface area contributed by atoms with Crippen LogP contribution in [0.15, 0.2) is 42.5 Å². The first-order chi connectivity index (χ1) is 8.66. The van der Waals surface area contributed by atoms with Crippen molar-refractivity contribution in [3.63, 3.8) is 0 Å². The van der Waals surface area contributed by atoms with Gasteiger partial charge in [-0.3, -0.25) is 4.57 Å². The molecule has 0 amide bonds. The molecule has 18 heavy (non-hydrogen) atoms. The molecular weight excluding hydrogens is 240 g/mol. The molecule has 0 saturated carbocycles. The van der Waals surface area contributed by atoms with E-state index in [2.05, 4.69) is 65.9 Å². The molecule has 0 radical (unpaired) electrons. The van der Waals surface area contributed by atoms with Crippen molar-refractivity contribution < 1.29 is 0 Å². The molecule has 90 valence electrons. The highest BCUT2D eigenvalue weighted by Crippen LogP contribution is 2.22. The van der Waals surface area contributed by atoms with Gasteiger partial charge < -0.3 is 4.98 Å². The first-order valence-corrected chi connectivity index (χ1v) is 6.35. The number of hydrogen-bond donors (Lipinski definition) is 1. The molecule has 0 unspecified atom stereocenters. The van der Waals surface area contributed by atoms with E-state index in [1.807, 2.05) is 0 Å². The first-order valence-electron chi connectivity index (χ1n) is 5.94. The minimum Gasteiger partial charge on any atom is -0.330 e. The number of aryl methyl sites for hydroxylation is 2. The number of aromatic amines is 1. The first kappa shape index (κ1) is 11.2. The summed E-state index contributed by atoms with van der Waals surface area (Å²) in [6.45, 7) is 4.18. The zero-order valence-corrected chi connectivity index (χ0v) is 11.2. The fraction of sp³-hybridized carbons (Fsp3) is 0.133. The second-order valence-corrected chi connectivity index (χ2v) is 4.96. The van der Waals surface area contributed by atoms with E-state index in [1.165, 1.54) is 11.1 Å². The maximum absolute atomic E-state index is 5.43. The summed E-state index contributed by atoms with van der Waals surface area (Å²) in [6, 6.07) is 14.6. The van der Waals surface area contributed by atoms with Gasteiger partial charge in [0, 0.05) is 5.69 Å². The molecule has 2 aromatic carbocycles. The lowest BCUT2D eigenvalue weighted by Gasteiger charge is -2.05. The fourth-order valence-electron chi connectivity index (χ4n) is 2.22. The van der Waals surface area contributed by atoms with Crippen LogP contribution >= 0.6 is 12.2 Å². The molecule has 0 aliphatic heterocycles. The maximum atomic E-state index is 5.43. The summed E-state index contributed by atoms with van der Waals surface area (Å²) in [5.74, 6) is 0. The topological polar surface area (TPSA) is 20.7 Å². The standard InChI is InChI=1S/C15H14N2S/c1-10-6-8-12(9-7-10)17-13-5-3-4-11(2)14(13)16-15(17)18/h3-9H,1-2H3,(H,16,18). The summed E-state index contributed by atoms with van der Waals surface area (Å²) >= 11 is 5.43. The van der Waals surface area contributed by atoms with E-state index in [1.54, 1.807) is 0 Å². The molecule has 1 N–H and O–H groups in total. The molecular formula is C15H14N2S. The van der Waals surface area contributed by atoms with E-state index in [-0.39, 0.29) is 0 Å². The number of imidazole rings is 1. The Kier molecular flexibility index (Phi) is 2.56. The zero-order valence-electron chi connectivity index (χ0n) is 10.4. The van der Waals surface area contributed by atoms with Gasteiger partial charge in [-0.25, -0.2) is 0 Å². The van der Waals surface area contributed by atoms with Crippen molar-refractivity contribution in [3.8, 4) is 5.69 Å². The number of nitrogens with one attached hydrogen (secondary N) is 1. The highest BCUT2D eigenvalue weighted by Gasteiger charge is 2.07. The van der Waals surface area contributed by atoms with E-state index < -0.39 is 0 Å². The van der Waals surface area contributed by atoms with Gasteiger partial charge >= 0.3 is 0 Å². The van der Waals surface area contributed by atoms with Gasteiger partial charge in [-0.2, -0.15) is 0 Å². The third-order valence-electron chi connectivity index (χ3n) is 3.22. The number of hydrogen-bond acceptors (Lipinski definition) is 1. The Balaban J connectivity index is 2.35. The van der Waals surface area contributed by atoms with Crippen molar-refractivity contribution in [3.05, 3.63) is 58.4 Å². The predicted octanol–water partition coefficient (Wildman–Crippen LogP) is 4.30. The van der Waals surface area contributed by atoms with Crippen molar-refractivity contribution in [1.29, 1.82) is 0 Å². The summed E-state index contributed by atoms with van der Waals surface area (Å²) in [7, 11) is 0. The Morgan fingerprint density at radius 1 is 1.00 bits per heavy atom. The van der Waals surface area contributed by atoms with Crippen LogP contribution in [0.1, 0.15) is 11.1 Å². The van der Waals surface area contributed by atoms with Crippen LogP contribution in [0, 0.1) is 18.6 Å². The molecule has 0 atom stereocenters.